The molecule has 1 aliphatic rings. The Hall–Kier alpha value is -2.54. The topological polar surface area (TPSA) is 82.6 Å². The summed E-state index contributed by atoms with van der Waals surface area (Å²) in [5.74, 6) is 0.583. The Kier molecular flexibility index (Phi) is 5.70. The van der Waals surface area contributed by atoms with Gasteiger partial charge in [0, 0.05) is 19.2 Å². The summed E-state index contributed by atoms with van der Waals surface area (Å²) in [7, 11) is 0. The molecule has 7 nitrogen and oxygen atoms in total. The van der Waals surface area contributed by atoms with Crippen LogP contribution in [0.4, 0.5) is 10.6 Å². The molecule has 0 saturated carbocycles. The molecule has 1 aromatic carbocycles. The van der Waals surface area contributed by atoms with Gasteiger partial charge in [-0.05, 0) is 45.7 Å². The monoisotopic (exact) mass is 372 g/mol. The third-order valence-electron chi connectivity index (χ3n) is 4.35. The first-order valence-electron chi connectivity index (χ1n) is 9.31. The minimum absolute atomic E-state index is 0.104. The summed E-state index contributed by atoms with van der Waals surface area (Å²) in [4.78, 5) is 13.9. The van der Waals surface area contributed by atoms with Gasteiger partial charge in [-0.1, -0.05) is 18.2 Å². The Balaban J connectivity index is 1.49. The number of rotatable bonds is 4. The molecule has 146 valence electrons. The number of anilines is 1. The highest BCUT2D eigenvalue weighted by Crippen LogP contribution is 2.20. The maximum Gasteiger partial charge on any atom is 0.410 e. The fourth-order valence-electron chi connectivity index (χ4n) is 3.03. The molecule has 0 bridgehead atoms. The summed E-state index contributed by atoms with van der Waals surface area (Å²) in [6.07, 6.45) is 1.42. The summed E-state index contributed by atoms with van der Waals surface area (Å²) in [6.45, 7) is 7.31. The van der Waals surface area contributed by atoms with Gasteiger partial charge in [0.25, 0.3) is 0 Å². The van der Waals surface area contributed by atoms with Crippen LogP contribution < -0.4 is 5.73 Å². The number of carbonyl (C=O) groups is 1. The van der Waals surface area contributed by atoms with Gasteiger partial charge < -0.3 is 20.1 Å². The van der Waals surface area contributed by atoms with Crippen molar-refractivity contribution in [3.05, 3.63) is 42.1 Å². The lowest BCUT2D eigenvalue weighted by Crippen LogP contribution is -2.43. The molecule has 2 heterocycles. The maximum atomic E-state index is 12.1. The van der Waals surface area contributed by atoms with Gasteiger partial charge in [0.1, 0.15) is 11.4 Å². The van der Waals surface area contributed by atoms with E-state index in [1.807, 2.05) is 57.2 Å². The number of benzene rings is 1. The molecule has 7 heteroatoms. The number of nitrogens with two attached hydrogens (primary N) is 1. The van der Waals surface area contributed by atoms with Crippen molar-refractivity contribution in [1.82, 2.24) is 14.7 Å². The molecule has 1 aromatic heterocycles. The lowest BCUT2D eigenvalue weighted by atomic mass is 10.1. The van der Waals surface area contributed by atoms with Gasteiger partial charge in [-0.25, -0.2) is 9.48 Å². The number of likely N-dealkylation sites (tertiary alicyclic amines) is 1. The van der Waals surface area contributed by atoms with E-state index < -0.39 is 5.60 Å². The number of ether oxygens (including phenoxy) is 2. The Bertz CT molecular complexity index is 759. The number of nitrogen functional groups attached to an aromatic ring is 1. The van der Waals surface area contributed by atoms with E-state index in [0.717, 1.165) is 24.2 Å². The minimum atomic E-state index is -0.470. The average Bonchev–Trinajstić information content (AvgIpc) is 3.00. The van der Waals surface area contributed by atoms with Gasteiger partial charge in [-0.15, -0.1) is 0 Å². The molecule has 0 radical (unpaired) electrons. The predicted octanol–water partition coefficient (Wildman–Crippen LogP) is 3.37. The number of para-hydroxylation sites is 1. The molecule has 1 aliphatic heterocycles. The van der Waals surface area contributed by atoms with Crippen LogP contribution in [0.5, 0.6) is 0 Å². The molecule has 1 saturated heterocycles. The average molecular weight is 372 g/mol. The molecule has 0 spiro atoms. The Morgan fingerprint density at radius 1 is 1.22 bits per heavy atom. The highest BCUT2D eigenvalue weighted by atomic mass is 16.6. The van der Waals surface area contributed by atoms with Crippen molar-refractivity contribution < 1.29 is 14.3 Å². The molecular formula is C20H28N4O3. The zero-order valence-corrected chi connectivity index (χ0v) is 16.2. The van der Waals surface area contributed by atoms with Crippen LogP contribution in [-0.2, 0) is 16.1 Å². The Morgan fingerprint density at radius 2 is 1.89 bits per heavy atom. The number of hydrogen-bond acceptors (Lipinski definition) is 5. The smallest absolute Gasteiger partial charge is 0.410 e. The zero-order valence-electron chi connectivity index (χ0n) is 16.2. The maximum absolute atomic E-state index is 12.1. The van der Waals surface area contributed by atoms with Crippen molar-refractivity contribution in [3.8, 4) is 5.69 Å². The number of hydrogen-bond donors (Lipinski definition) is 1. The first-order chi connectivity index (χ1) is 12.8. The van der Waals surface area contributed by atoms with E-state index in [2.05, 4.69) is 5.10 Å². The second-order valence-corrected chi connectivity index (χ2v) is 7.79. The van der Waals surface area contributed by atoms with Crippen LogP contribution >= 0.6 is 0 Å². The summed E-state index contributed by atoms with van der Waals surface area (Å²) < 4.78 is 13.1. The van der Waals surface area contributed by atoms with E-state index in [1.165, 1.54) is 0 Å². The van der Waals surface area contributed by atoms with Crippen LogP contribution in [0.1, 0.15) is 39.3 Å². The van der Waals surface area contributed by atoms with Crippen LogP contribution in [0.3, 0.4) is 0 Å². The molecule has 0 atom stereocenters. The van der Waals surface area contributed by atoms with Gasteiger partial charge in [0.05, 0.1) is 24.1 Å². The quantitative estimate of drug-likeness (QED) is 0.890. The van der Waals surface area contributed by atoms with E-state index in [0.29, 0.717) is 25.5 Å². The molecule has 27 heavy (non-hydrogen) atoms. The number of piperidine rings is 1. The minimum Gasteiger partial charge on any atom is -0.444 e. The lowest BCUT2D eigenvalue weighted by molar-refractivity contribution is -0.0178. The first-order valence-corrected chi connectivity index (χ1v) is 9.31. The van der Waals surface area contributed by atoms with Crippen molar-refractivity contribution in [2.45, 2.75) is 51.9 Å². The van der Waals surface area contributed by atoms with Crippen LogP contribution in [0.25, 0.3) is 5.69 Å². The number of amides is 1. The number of carbonyl (C=O) groups excluding carboxylic acids is 1. The van der Waals surface area contributed by atoms with Crippen LogP contribution in [0.15, 0.2) is 36.4 Å². The normalized spacial score (nSPS) is 15.7. The number of nitrogens with zero attached hydrogens (tertiary/aromatic N) is 3. The van der Waals surface area contributed by atoms with E-state index in [9.17, 15) is 4.79 Å². The van der Waals surface area contributed by atoms with Crippen LogP contribution in [-0.4, -0.2) is 45.6 Å². The summed E-state index contributed by atoms with van der Waals surface area (Å²) in [5, 5.41) is 4.53. The van der Waals surface area contributed by atoms with E-state index in [1.54, 1.807) is 9.58 Å². The van der Waals surface area contributed by atoms with Gasteiger partial charge in [0.15, 0.2) is 0 Å². The molecule has 0 unspecified atom stereocenters. The zero-order chi connectivity index (χ0) is 19.4. The standard InChI is InChI=1S/C20H28N4O3/c1-20(2,3)27-19(25)23-11-9-17(10-12-23)26-14-15-13-18(21)24(22-15)16-7-5-4-6-8-16/h4-8,13,17H,9-12,14,21H2,1-3H3. The van der Waals surface area contributed by atoms with Crippen molar-refractivity contribution in [1.29, 1.82) is 0 Å². The molecule has 3 rings (SSSR count). The molecular weight excluding hydrogens is 344 g/mol. The Morgan fingerprint density at radius 3 is 2.52 bits per heavy atom. The summed E-state index contributed by atoms with van der Waals surface area (Å²) in [5.41, 5.74) is 7.32. The SMILES string of the molecule is CC(C)(C)OC(=O)N1CCC(OCc2cc(N)n(-c3ccccc3)n2)CC1. The van der Waals surface area contributed by atoms with Gasteiger partial charge >= 0.3 is 6.09 Å². The van der Waals surface area contributed by atoms with Crippen molar-refractivity contribution in [2.24, 2.45) is 0 Å². The molecule has 1 fully saturated rings. The van der Waals surface area contributed by atoms with Crippen molar-refractivity contribution >= 4 is 11.9 Å². The summed E-state index contributed by atoms with van der Waals surface area (Å²) in [6, 6.07) is 11.6. The molecule has 2 aromatic rings. The van der Waals surface area contributed by atoms with E-state index >= 15 is 0 Å². The second kappa shape index (κ2) is 8.00. The highest BCUT2D eigenvalue weighted by Gasteiger charge is 2.27. The summed E-state index contributed by atoms with van der Waals surface area (Å²) >= 11 is 0. The first kappa shape index (κ1) is 19.2. The largest absolute Gasteiger partial charge is 0.444 e. The number of aromatic nitrogens is 2. The third-order valence-corrected chi connectivity index (χ3v) is 4.35. The van der Waals surface area contributed by atoms with Gasteiger partial charge in [-0.2, -0.15) is 5.10 Å². The molecule has 1 amide bonds. The fraction of sp³-hybridized carbons (Fsp3) is 0.500. The third kappa shape index (κ3) is 5.23. The van der Waals surface area contributed by atoms with Crippen molar-refractivity contribution in [3.63, 3.8) is 0 Å². The highest BCUT2D eigenvalue weighted by molar-refractivity contribution is 5.68. The second-order valence-electron chi connectivity index (χ2n) is 7.79. The lowest BCUT2D eigenvalue weighted by Gasteiger charge is -2.33. The van der Waals surface area contributed by atoms with Crippen molar-refractivity contribution in [2.75, 3.05) is 18.8 Å². The van der Waals surface area contributed by atoms with Crippen LogP contribution in [0.2, 0.25) is 0 Å². The predicted molar refractivity (Wildman–Crippen MR) is 104 cm³/mol. The Labute approximate surface area is 160 Å². The van der Waals surface area contributed by atoms with Gasteiger partial charge in [0.2, 0.25) is 0 Å². The van der Waals surface area contributed by atoms with Gasteiger partial charge in [-0.3, -0.25) is 0 Å². The van der Waals surface area contributed by atoms with E-state index in [-0.39, 0.29) is 12.2 Å². The van der Waals surface area contributed by atoms with E-state index in [4.69, 9.17) is 15.2 Å². The fourth-order valence-corrected chi connectivity index (χ4v) is 3.03. The molecule has 2 N–H and O–H groups in total. The molecule has 0 aliphatic carbocycles. The van der Waals surface area contributed by atoms with Crippen LogP contribution in [0, 0.1) is 0 Å².